The van der Waals surface area contributed by atoms with Crippen LogP contribution in [-0.2, 0) is 0 Å². The van der Waals surface area contributed by atoms with Crippen molar-refractivity contribution in [3.8, 4) is 22.7 Å². The molecule has 0 aliphatic carbocycles. The largest absolute Gasteiger partial charge is 0.497 e. The minimum absolute atomic E-state index is 0.129. The van der Waals surface area contributed by atoms with Gasteiger partial charge in [-0.25, -0.2) is 4.68 Å². The van der Waals surface area contributed by atoms with E-state index in [1.807, 2.05) is 60.8 Å². The van der Waals surface area contributed by atoms with Crippen molar-refractivity contribution in [1.82, 2.24) is 9.78 Å². The van der Waals surface area contributed by atoms with Gasteiger partial charge in [0.25, 0.3) is 0 Å². The fourth-order valence-electron chi connectivity index (χ4n) is 3.17. The molecule has 0 fully saturated rings. The number of rotatable bonds is 6. The maximum Gasteiger partial charge on any atom is 0.187 e. The van der Waals surface area contributed by atoms with E-state index >= 15 is 0 Å². The Bertz CT molecular complexity index is 1300. The van der Waals surface area contributed by atoms with Crippen LogP contribution in [0.2, 0.25) is 15.1 Å². The first kappa shape index (κ1) is 22.2. The summed E-state index contributed by atoms with van der Waals surface area (Å²) in [4.78, 5) is 12.8. The molecule has 1 heterocycles. The zero-order valence-electron chi connectivity index (χ0n) is 16.9. The van der Waals surface area contributed by atoms with Gasteiger partial charge in [-0.15, -0.1) is 0 Å². The summed E-state index contributed by atoms with van der Waals surface area (Å²) in [6, 6.07) is 20.4. The number of ketones is 1. The first-order chi connectivity index (χ1) is 15.5. The van der Waals surface area contributed by atoms with Crippen molar-refractivity contribution in [2.45, 2.75) is 0 Å². The summed E-state index contributed by atoms with van der Waals surface area (Å²) in [5.41, 5.74) is 3.56. The van der Waals surface area contributed by atoms with Crippen LogP contribution in [-0.4, -0.2) is 22.7 Å². The number of halogens is 3. The van der Waals surface area contributed by atoms with Crippen LogP contribution in [0.3, 0.4) is 0 Å². The molecular formula is C25H17Cl3N2O2. The molecule has 0 atom stereocenters. The number of hydrogen-bond acceptors (Lipinski definition) is 3. The Balaban J connectivity index is 1.74. The second-order valence-electron chi connectivity index (χ2n) is 6.86. The molecule has 4 aromatic rings. The second kappa shape index (κ2) is 9.61. The predicted octanol–water partition coefficient (Wildman–Crippen LogP) is 7.40. The van der Waals surface area contributed by atoms with Gasteiger partial charge < -0.3 is 4.74 Å². The van der Waals surface area contributed by atoms with Crippen LogP contribution >= 0.6 is 34.8 Å². The standard InChI is InChI=1S/C25H17Cl3N2O2/c1-32-19-10-7-16(8-11-19)25-17(15-30(29-25)18-5-3-2-4-6-18)9-14-22(31)20-12-13-21(26)24(28)23(20)27/h2-15H,1H3. The summed E-state index contributed by atoms with van der Waals surface area (Å²) in [5.74, 6) is 0.458. The molecule has 0 saturated carbocycles. The lowest BCUT2D eigenvalue weighted by Gasteiger charge is -2.04. The minimum atomic E-state index is -0.290. The Hall–Kier alpha value is -3.05. The molecule has 0 saturated heterocycles. The molecule has 0 unspecified atom stereocenters. The highest BCUT2D eigenvalue weighted by atomic mass is 35.5. The lowest BCUT2D eigenvalue weighted by molar-refractivity contribution is 0.104. The molecule has 0 N–H and O–H groups in total. The molecule has 32 heavy (non-hydrogen) atoms. The quantitative estimate of drug-likeness (QED) is 0.163. The van der Waals surface area contributed by atoms with Crippen molar-refractivity contribution >= 4 is 46.7 Å². The molecule has 0 aliphatic heterocycles. The van der Waals surface area contributed by atoms with Gasteiger partial charge in [0.2, 0.25) is 0 Å². The first-order valence-electron chi connectivity index (χ1n) is 9.63. The Morgan fingerprint density at radius 1 is 0.938 bits per heavy atom. The maximum atomic E-state index is 12.8. The molecule has 4 rings (SSSR count). The third-order valence-electron chi connectivity index (χ3n) is 4.84. The van der Waals surface area contributed by atoms with E-state index in [9.17, 15) is 4.79 Å². The summed E-state index contributed by atoms with van der Waals surface area (Å²) in [6.07, 6.45) is 5.03. The average Bonchev–Trinajstić information content (AvgIpc) is 3.26. The zero-order chi connectivity index (χ0) is 22.7. The Labute approximate surface area is 200 Å². The van der Waals surface area contributed by atoms with Crippen LogP contribution in [0.1, 0.15) is 15.9 Å². The highest BCUT2D eigenvalue weighted by Crippen LogP contribution is 2.33. The van der Waals surface area contributed by atoms with Crippen LogP contribution in [0.15, 0.2) is 79.0 Å². The Kier molecular flexibility index (Phi) is 6.66. The summed E-state index contributed by atoms with van der Waals surface area (Å²) < 4.78 is 7.02. The van der Waals surface area contributed by atoms with Crippen LogP contribution in [0.4, 0.5) is 0 Å². The molecule has 0 spiro atoms. The number of carbonyl (C=O) groups excluding carboxylic acids is 1. The summed E-state index contributed by atoms with van der Waals surface area (Å²) in [7, 11) is 1.62. The van der Waals surface area contributed by atoms with Crippen molar-refractivity contribution < 1.29 is 9.53 Å². The molecule has 0 bridgehead atoms. The molecule has 0 aliphatic rings. The predicted molar refractivity (Wildman–Crippen MR) is 130 cm³/mol. The molecule has 0 amide bonds. The maximum absolute atomic E-state index is 12.8. The monoisotopic (exact) mass is 482 g/mol. The van der Waals surface area contributed by atoms with Gasteiger partial charge in [0.05, 0.1) is 33.6 Å². The molecule has 7 heteroatoms. The molecule has 3 aromatic carbocycles. The van der Waals surface area contributed by atoms with Gasteiger partial charge >= 0.3 is 0 Å². The van der Waals surface area contributed by atoms with Crippen LogP contribution < -0.4 is 4.74 Å². The molecule has 4 nitrogen and oxygen atoms in total. The van der Waals surface area contributed by atoms with Crippen molar-refractivity contribution in [2.24, 2.45) is 0 Å². The fourth-order valence-corrected chi connectivity index (χ4v) is 3.80. The lowest BCUT2D eigenvalue weighted by Crippen LogP contribution is -1.96. The number of hydrogen-bond donors (Lipinski definition) is 0. The summed E-state index contributed by atoms with van der Waals surface area (Å²) in [6.45, 7) is 0. The van der Waals surface area contributed by atoms with Crippen molar-refractivity contribution in [2.75, 3.05) is 7.11 Å². The van der Waals surface area contributed by atoms with E-state index in [1.165, 1.54) is 6.08 Å². The topological polar surface area (TPSA) is 44.1 Å². The van der Waals surface area contributed by atoms with Gasteiger partial charge in [0.15, 0.2) is 5.78 Å². The van der Waals surface area contributed by atoms with Gasteiger partial charge in [-0.3, -0.25) is 4.79 Å². The van der Waals surface area contributed by atoms with E-state index in [0.29, 0.717) is 5.02 Å². The number of allylic oxidation sites excluding steroid dienone is 1. The zero-order valence-corrected chi connectivity index (χ0v) is 19.2. The first-order valence-corrected chi connectivity index (χ1v) is 10.8. The molecule has 0 radical (unpaired) electrons. The second-order valence-corrected chi connectivity index (χ2v) is 8.03. The highest BCUT2D eigenvalue weighted by molar-refractivity contribution is 6.49. The van der Waals surface area contributed by atoms with E-state index in [0.717, 1.165) is 28.3 Å². The number of nitrogens with zero attached hydrogens (tertiary/aromatic N) is 2. The Morgan fingerprint density at radius 2 is 1.66 bits per heavy atom. The SMILES string of the molecule is COc1ccc(-c2nn(-c3ccccc3)cc2C=CC(=O)c2ccc(Cl)c(Cl)c2Cl)cc1. The third-order valence-corrected chi connectivity index (χ3v) is 6.14. The normalized spacial score (nSPS) is 11.1. The number of carbonyl (C=O) groups is 1. The smallest absolute Gasteiger partial charge is 0.187 e. The van der Waals surface area contributed by atoms with Crippen LogP contribution in [0.5, 0.6) is 5.75 Å². The van der Waals surface area contributed by atoms with Crippen molar-refractivity contribution in [1.29, 1.82) is 0 Å². The van der Waals surface area contributed by atoms with Crippen molar-refractivity contribution in [3.63, 3.8) is 0 Å². The minimum Gasteiger partial charge on any atom is -0.497 e. The lowest BCUT2D eigenvalue weighted by atomic mass is 10.1. The fraction of sp³-hybridized carbons (Fsp3) is 0.0400. The summed E-state index contributed by atoms with van der Waals surface area (Å²) >= 11 is 18.3. The molecule has 1 aromatic heterocycles. The van der Waals surface area contributed by atoms with Crippen molar-refractivity contribution in [3.05, 3.63) is 105 Å². The van der Waals surface area contributed by atoms with Gasteiger partial charge in [-0.2, -0.15) is 5.10 Å². The van der Waals surface area contributed by atoms with Gasteiger partial charge in [0, 0.05) is 22.9 Å². The van der Waals surface area contributed by atoms with E-state index in [4.69, 9.17) is 44.6 Å². The van der Waals surface area contributed by atoms with E-state index in [2.05, 4.69) is 0 Å². The number of para-hydroxylation sites is 1. The molecular weight excluding hydrogens is 467 g/mol. The molecule has 160 valence electrons. The number of aromatic nitrogens is 2. The van der Waals surface area contributed by atoms with Gasteiger partial charge in [0.1, 0.15) is 5.75 Å². The van der Waals surface area contributed by atoms with Gasteiger partial charge in [-0.1, -0.05) is 53.0 Å². The van der Waals surface area contributed by atoms with E-state index in [1.54, 1.807) is 30.0 Å². The van der Waals surface area contributed by atoms with E-state index in [-0.39, 0.29) is 21.4 Å². The van der Waals surface area contributed by atoms with E-state index < -0.39 is 0 Å². The number of benzene rings is 3. The Morgan fingerprint density at radius 3 is 2.34 bits per heavy atom. The average molecular weight is 484 g/mol. The highest BCUT2D eigenvalue weighted by Gasteiger charge is 2.15. The third kappa shape index (κ3) is 4.58. The van der Waals surface area contributed by atoms with Crippen LogP contribution in [0.25, 0.3) is 23.0 Å². The number of ether oxygens (including phenoxy) is 1. The number of methoxy groups -OCH3 is 1. The summed E-state index contributed by atoms with van der Waals surface area (Å²) in [5, 5.41) is 5.33. The van der Waals surface area contributed by atoms with Crippen LogP contribution in [0, 0.1) is 0 Å². The van der Waals surface area contributed by atoms with Gasteiger partial charge in [-0.05, 0) is 60.7 Å².